The van der Waals surface area contributed by atoms with Gasteiger partial charge < -0.3 is 19.2 Å². The molecule has 0 spiro atoms. The first kappa shape index (κ1) is 22.6. The second kappa shape index (κ2) is 10.8. The Labute approximate surface area is 133 Å². The minimum absolute atomic E-state index is 0. The molecule has 0 aromatic heterocycles. The van der Waals surface area contributed by atoms with Crippen LogP contribution in [0.15, 0.2) is 0 Å². The maximum atomic E-state index is 8.55. The Morgan fingerprint density at radius 2 is 1.12 bits per heavy atom. The van der Waals surface area contributed by atoms with E-state index in [-0.39, 0.29) is 110 Å². The van der Waals surface area contributed by atoms with Gasteiger partial charge in [-0.25, -0.2) is 0 Å². The number of hydrogen-bond acceptors (Lipinski definition) is 4. The van der Waals surface area contributed by atoms with E-state index in [0.717, 1.165) is 0 Å². The molecule has 0 saturated carbocycles. The van der Waals surface area contributed by atoms with Crippen LogP contribution < -0.4 is 14.7 Å². The topological polar surface area (TPSA) is 86.2 Å². The number of rotatable bonds is 0. The molecule has 0 unspecified atom stereocenters. The molecule has 0 heterocycles. The van der Waals surface area contributed by atoms with Gasteiger partial charge >= 0.3 is 36.9 Å². The summed E-state index contributed by atoms with van der Waals surface area (Å²) in [5.41, 5.74) is 0. The van der Waals surface area contributed by atoms with Crippen LogP contribution >= 0.6 is 7.82 Å². The zero-order chi connectivity index (χ0) is 4.50. The van der Waals surface area contributed by atoms with Gasteiger partial charge in [0.1, 0.15) is 0 Å². The van der Waals surface area contributed by atoms with Crippen LogP contribution in [-0.2, 0) is 37.3 Å². The predicted molar refractivity (Wildman–Crippen MR) is 7.61 cm³/mol. The van der Waals surface area contributed by atoms with E-state index in [1.54, 1.807) is 0 Å². The van der Waals surface area contributed by atoms with Gasteiger partial charge in [0.15, 0.2) is 0 Å². The van der Waals surface area contributed by atoms with Crippen molar-refractivity contribution in [2.24, 2.45) is 0 Å². The first-order chi connectivity index (χ1) is 2.00. The molecule has 4 nitrogen and oxygen atoms in total. The van der Waals surface area contributed by atoms with E-state index in [1.807, 2.05) is 0 Å². The average molecular weight is 516 g/mol. The molecule has 0 atom stereocenters. The van der Waals surface area contributed by atoms with Gasteiger partial charge in [0.25, 0.3) is 0 Å². The summed E-state index contributed by atoms with van der Waals surface area (Å²) in [6.45, 7) is 0. The monoisotopic (exact) mass is 517 g/mol. The Kier molecular flexibility index (Phi) is 30.5. The Morgan fingerprint density at radius 3 is 1.12 bits per heavy atom. The summed E-state index contributed by atoms with van der Waals surface area (Å²) in [5.74, 6) is 0. The van der Waals surface area contributed by atoms with E-state index in [0.29, 0.717) is 0 Å². The average Bonchev–Trinajstić information content (AvgIpc) is 0.722. The third kappa shape index (κ3) is 52.8. The number of phosphoric acid groups is 1. The minimum atomic E-state index is -5.39. The Morgan fingerprint density at radius 1 is 1.12 bits per heavy atom. The minimum Gasteiger partial charge on any atom is -0.822 e. The molecule has 0 saturated heterocycles. The van der Waals surface area contributed by atoms with Crippen molar-refractivity contribution in [3.8, 4) is 0 Å². The molecule has 0 rings (SSSR count). The van der Waals surface area contributed by atoms with Crippen molar-refractivity contribution in [3.05, 3.63) is 0 Å². The van der Waals surface area contributed by atoms with Crippen molar-refractivity contribution >= 4 is 7.82 Å². The summed E-state index contributed by atoms with van der Waals surface area (Å²) >= 11 is 0. The first-order valence-corrected chi connectivity index (χ1v) is 2.19. The van der Waals surface area contributed by atoms with Gasteiger partial charge in [-0.1, -0.05) is 0 Å². The zero-order valence-electron chi connectivity index (χ0n) is 3.27. The SMILES string of the molecule is O=P([O-])([O-])[O-].[Gd].[Lu+3].[Y]. The van der Waals surface area contributed by atoms with Gasteiger partial charge in [0.2, 0.25) is 0 Å². The van der Waals surface area contributed by atoms with Gasteiger partial charge in [-0.3, -0.25) is 0 Å². The van der Waals surface area contributed by atoms with Crippen LogP contribution in [0.25, 0.3) is 0 Å². The van der Waals surface area contributed by atoms with Crippen molar-refractivity contribution in [1.82, 2.24) is 0 Å². The molecule has 0 aliphatic carbocycles. The molecule has 55 valence electrons. The van der Waals surface area contributed by atoms with E-state index in [2.05, 4.69) is 0 Å². The second-order valence-electron chi connectivity index (χ2n) is 0.447. The third-order valence-electron chi connectivity index (χ3n) is 0. The molecular formula is GdLuO4PY. The zero-order valence-corrected chi connectivity index (χ0v) is 10.9. The molecule has 0 aromatic rings. The summed E-state index contributed by atoms with van der Waals surface area (Å²) in [6.07, 6.45) is 0. The van der Waals surface area contributed by atoms with Gasteiger partial charge in [-0.05, 0) is 0 Å². The van der Waals surface area contributed by atoms with Gasteiger partial charge in [0.05, 0.1) is 0 Å². The van der Waals surface area contributed by atoms with E-state index < -0.39 is 7.82 Å². The normalized spacial score (nSPS) is 7.38. The van der Waals surface area contributed by atoms with Gasteiger partial charge in [0, 0.05) is 72.6 Å². The van der Waals surface area contributed by atoms with Crippen molar-refractivity contribution in [2.75, 3.05) is 0 Å². The molecule has 8 heavy (non-hydrogen) atoms. The summed E-state index contributed by atoms with van der Waals surface area (Å²) in [7, 11) is -5.39. The molecule has 0 aliphatic rings. The summed E-state index contributed by atoms with van der Waals surface area (Å²) in [5, 5.41) is 0. The summed E-state index contributed by atoms with van der Waals surface area (Å²) in [6, 6.07) is 0. The van der Waals surface area contributed by atoms with Crippen LogP contribution in [0.4, 0.5) is 0 Å². The quantitative estimate of drug-likeness (QED) is 0.326. The third-order valence-corrected chi connectivity index (χ3v) is 0. The fraction of sp³-hybridized carbons (Fsp3) is 0. The van der Waals surface area contributed by atoms with Crippen molar-refractivity contribution in [3.63, 3.8) is 0 Å². The Hall–Kier alpha value is 3.77. The van der Waals surface area contributed by atoms with E-state index in [1.165, 1.54) is 0 Å². The van der Waals surface area contributed by atoms with Crippen molar-refractivity contribution < 1.29 is 129 Å². The molecular weight excluding hydrogens is 516 g/mol. The molecule has 0 aliphatic heterocycles. The van der Waals surface area contributed by atoms with Gasteiger partial charge in [-0.15, -0.1) is 0 Å². The molecule has 8 heteroatoms. The van der Waals surface area contributed by atoms with E-state index >= 15 is 0 Å². The van der Waals surface area contributed by atoms with Crippen LogP contribution in [-0.4, -0.2) is 0 Å². The molecule has 0 amide bonds. The Bertz CT molecular complexity index is 62.2. The van der Waals surface area contributed by atoms with Crippen LogP contribution in [0.5, 0.6) is 0 Å². The van der Waals surface area contributed by atoms with Crippen LogP contribution in [0.3, 0.4) is 0 Å². The summed E-state index contributed by atoms with van der Waals surface area (Å²) in [4.78, 5) is 25.6. The van der Waals surface area contributed by atoms with Gasteiger partial charge in [-0.2, -0.15) is 7.82 Å². The van der Waals surface area contributed by atoms with Crippen molar-refractivity contribution in [1.29, 1.82) is 0 Å². The fourth-order valence-corrected chi connectivity index (χ4v) is 0. The molecule has 0 aromatic carbocycles. The largest absolute Gasteiger partial charge is 3.00 e. The van der Waals surface area contributed by atoms with Crippen molar-refractivity contribution in [2.45, 2.75) is 0 Å². The standard InChI is InChI=1S/Gd.Lu.H3O4P.Y/c;;1-5(2,3)4;/h;;(H3,1,2,3,4);/q;+3;;/p-3. The molecule has 1 radical (unpaired) electrons. The maximum absolute atomic E-state index is 8.55. The summed E-state index contributed by atoms with van der Waals surface area (Å²) < 4.78 is 8.55. The molecule has 0 fully saturated rings. The molecule has 0 bridgehead atoms. The smallest absolute Gasteiger partial charge is 0.822 e. The maximum Gasteiger partial charge on any atom is 3.00 e. The van der Waals surface area contributed by atoms with Crippen LogP contribution in [0.2, 0.25) is 0 Å². The molecule has 0 N–H and O–H groups in total. The van der Waals surface area contributed by atoms with Crippen LogP contribution in [0.1, 0.15) is 0 Å². The van der Waals surface area contributed by atoms with E-state index in [9.17, 15) is 0 Å². The second-order valence-corrected chi connectivity index (χ2v) is 1.34. The fourth-order valence-electron chi connectivity index (χ4n) is 0. The van der Waals surface area contributed by atoms with E-state index in [4.69, 9.17) is 19.2 Å². The van der Waals surface area contributed by atoms with Crippen LogP contribution in [0, 0.1) is 76.8 Å². The Balaban J connectivity index is -0.0000000267. The number of hydrogen-bond donors (Lipinski definition) is 0. The predicted octanol–water partition coefficient (Wildman–Crippen LogP) is -2.83. The first-order valence-electron chi connectivity index (χ1n) is 0.730.